The Kier molecular flexibility index (Phi) is 3.13. The number of esters is 1. The number of aromatic nitrogens is 2. The monoisotopic (exact) mass is 235 g/mol. The van der Waals surface area contributed by atoms with Crippen LogP contribution in [0.5, 0.6) is 0 Å². The van der Waals surface area contributed by atoms with E-state index in [9.17, 15) is 4.79 Å². The summed E-state index contributed by atoms with van der Waals surface area (Å²) in [6.07, 6.45) is 3.21. The molecular weight excluding hydrogens is 222 g/mol. The maximum atomic E-state index is 11.2. The van der Waals surface area contributed by atoms with Crippen LogP contribution in [-0.4, -0.2) is 22.9 Å². The van der Waals surface area contributed by atoms with E-state index in [1.54, 1.807) is 10.7 Å². The van der Waals surface area contributed by atoms with Crippen molar-refractivity contribution in [1.29, 1.82) is 0 Å². The second-order valence-electron chi connectivity index (χ2n) is 3.52. The summed E-state index contributed by atoms with van der Waals surface area (Å²) < 4.78 is 11.5. The zero-order valence-electron chi connectivity index (χ0n) is 9.64. The molecule has 2 aromatic rings. The number of rotatable bonds is 4. The molecule has 0 aliphatic rings. The Balaban J connectivity index is 1.95. The van der Waals surface area contributed by atoms with Crippen molar-refractivity contribution in [3.8, 4) is 0 Å². The maximum Gasteiger partial charge on any atom is 0.341 e. The average Bonchev–Trinajstić information content (AvgIpc) is 2.94. The average molecular weight is 235 g/mol. The summed E-state index contributed by atoms with van der Waals surface area (Å²) in [7, 11) is 3.18. The first-order valence-electron chi connectivity index (χ1n) is 5.08. The van der Waals surface area contributed by atoms with Gasteiger partial charge in [-0.05, 0) is 6.07 Å². The van der Waals surface area contributed by atoms with Gasteiger partial charge in [0.25, 0.3) is 0 Å². The molecule has 17 heavy (non-hydrogen) atoms. The van der Waals surface area contributed by atoms with Crippen LogP contribution >= 0.6 is 0 Å². The Morgan fingerprint density at radius 3 is 3.12 bits per heavy atom. The molecule has 6 heteroatoms. The molecule has 0 spiro atoms. The van der Waals surface area contributed by atoms with Gasteiger partial charge in [-0.25, -0.2) is 4.79 Å². The van der Waals surface area contributed by atoms with E-state index < -0.39 is 5.97 Å². The molecule has 0 fully saturated rings. The highest BCUT2D eigenvalue weighted by molar-refractivity contribution is 5.88. The molecule has 0 aromatic carbocycles. The van der Waals surface area contributed by atoms with Crippen LogP contribution in [0.3, 0.4) is 0 Å². The van der Waals surface area contributed by atoms with Crippen LogP contribution in [0.2, 0.25) is 0 Å². The fraction of sp³-hybridized carbons (Fsp3) is 0.273. The van der Waals surface area contributed by atoms with Crippen LogP contribution in [0.4, 0.5) is 5.82 Å². The first-order valence-corrected chi connectivity index (χ1v) is 5.08. The fourth-order valence-corrected chi connectivity index (χ4v) is 1.39. The number of carbonyl (C=O) groups is 1. The number of anilines is 1. The number of hydrogen-bond acceptors (Lipinski definition) is 5. The third-order valence-corrected chi connectivity index (χ3v) is 2.23. The van der Waals surface area contributed by atoms with E-state index in [2.05, 4.69) is 15.2 Å². The van der Waals surface area contributed by atoms with Gasteiger partial charge in [0.05, 0.1) is 19.2 Å². The Hall–Kier alpha value is -2.24. The normalized spacial score (nSPS) is 10.2. The first kappa shape index (κ1) is 11.3. The number of methoxy groups -OCH3 is 1. The number of hydrogen-bond donors (Lipinski definition) is 1. The zero-order chi connectivity index (χ0) is 12.3. The highest BCUT2D eigenvalue weighted by Crippen LogP contribution is 2.11. The predicted octanol–water partition coefficient (Wildman–Crippen LogP) is 1.41. The van der Waals surface area contributed by atoms with Crippen LogP contribution in [0, 0.1) is 0 Å². The zero-order valence-corrected chi connectivity index (χ0v) is 9.64. The van der Waals surface area contributed by atoms with Gasteiger partial charge in [0.15, 0.2) is 0 Å². The van der Waals surface area contributed by atoms with Crippen LogP contribution < -0.4 is 5.32 Å². The van der Waals surface area contributed by atoms with Crippen LogP contribution in [0.25, 0.3) is 0 Å². The van der Waals surface area contributed by atoms with Gasteiger partial charge in [-0.2, -0.15) is 5.10 Å². The Labute approximate surface area is 98.2 Å². The summed E-state index contributed by atoms with van der Waals surface area (Å²) in [6, 6.07) is 3.49. The van der Waals surface area contributed by atoms with Crippen LogP contribution in [0.1, 0.15) is 16.1 Å². The minimum atomic E-state index is -0.405. The third-order valence-electron chi connectivity index (χ3n) is 2.23. The quantitative estimate of drug-likeness (QED) is 0.811. The molecule has 0 saturated heterocycles. The van der Waals surface area contributed by atoms with Gasteiger partial charge in [-0.1, -0.05) is 0 Å². The van der Waals surface area contributed by atoms with Crippen molar-refractivity contribution in [3.63, 3.8) is 0 Å². The molecule has 0 aliphatic carbocycles. The van der Waals surface area contributed by atoms with Crippen LogP contribution in [0.15, 0.2) is 29.0 Å². The highest BCUT2D eigenvalue weighted by Gasteiger charge is 2.09. The molecule has 2 aromatic heterocycles. The van der Waals surface area contributed by atoms with Gasteiger partial charge in [0.2, 0.25) is 0 Å². The molecule has 0 bridgehead atoms. The Morgan fingerprint density at radius 1 is 1.65 bits per heavy atom. The second-order valence-corrected chi connectivity index (χ2v) is 3.52. The lowest BCUT2D eigenvalue weighted by atomic mass is 10.3. The molecular formula is C11H13N3O3. The van der Waals surface area contributed by atoms with E-state index in [0.29, 0.717) is 17.9 Å². The lowest BCUT2D eigenvalue weighted by Gasteiger charge is -1.98. The molecule has 90 valence electrons. The lowest BCUT2D eigenvalue weighted by Crippen LogP contribution is -2.01. The highest BCUT2D eigenvalue weighted by atomic mass is 16.5. The Morgan fingerprint density at radius 2 is 2.47 bits per heavy atom. The van der Waals surface area contributed by atoms with E-state index in [0.717, 1.165) is 5.82 Å². The van der Waals surface area contributed by atoms with Gasteiger partial charge in [-0.3, -0.25) is 4.68 Å². The van der Waals surface area contributed by atoms with E-state index in [-0.39, 0.29) is 0 Å². The predicted molar refractivity (Wildman–Crippen MR) is 60.6 cm³/mol. The van der Waals surface area contributed by atoms with Crippen molar-refractivity contribution in [2.75, 3.05) is 12.4 Å². The molecule has 2 heterocycles. The van der Waals surface area contributed by atoms with Gasteiger partial charge in [0.1, 0.15) is 17.8 Å². The number of furan rings is 1. The largest absolute Gasteiger partial charge is 0.467 e. The minimum absolute atomic E-state index is 0.405. The van der Waals surface area contributed by atoms with Crippen molar-refractivity contribution in [2.45, 2.75) is 6.54 Å². The second kappa shape index (κ2) is 4.73. The molecule has 0 radical (unpaired) electrons. The van der Waals surface area contributed by atoms with Gasteiger partial charge in [0, 0.05) is 19.3 Å². The summed E-state index contributed by atoms with van der Waals surface area (Å²) in [6.45, 7) is 0.466. The van der Waals surface area contributed by atoms with Gasteiger partial charge < -0.3 is 14.5 Å². The number of aryl methyl sites for hydroxylation is 1. The third kappa shape index (κ3) is 2.66. The molecule has 1 N–H and O–H groups in total. The van der Waals surface area contributed by atoms with Crippen molar-refractivity contribution < 1.29 is 13.9 Å². The molecule has 0 amide bonds. The number of ether oxygens (including phenoxy) is 1. The van der Waals surface area contributed by atoms with E-state index in [1.807, 2.05) is 19.3 Å². The van der Waals surface area contributed by atoms with E-state index >= 15 is 0 Å². The number of nitrogens with one attached hydrogen (secondary N) is 1. The van der Waals surface area contributed by atoms with Crippen molar-refractivity contribution in [3.05, 3.63) is 35.9 Å². The van der Waals surface area contributed by atoms with Crippen molar-refractivity contribution in [2.24, 2.45) is 7.05 Å². The number of nitrogens with zero attached hydrogens (tertiary/aromatic N) is 2. The number of carbonyl (C=O) groups excluding carboxylic acids is 1. The molecule has 0 aliphatic heterocycles. The summed E-state index contributed by atoms with van der Waals surface area (Å²) in [5.41, 5.74) is 0.408. The molecule has 0 saturated carbocycles. The van der Waals surface area contributed by atoms with E-state index in [4.69, 9.17) is 4.42 Å². The van der Waals surface area contributed by atoms with E-state index in [1.165, 1.54) is 13.4 Å². The summed E-state index contributed by atoms with van der Waals surface area (Å²) in [4.78, 5) is 11.2. The standard InChI is InChI=1S/C11H13N3O3/c1-14-4-3-10(13-14)12-6-9-5-8(7-17-9)11(15)16-2/h3-5,7H,6H2,1-2H3,(H,12,13). The van der Waals surface area contributed by atoms with Crippen molar-refractivity contribution >= 4 is 11.8 Å². The molecule has 0 unspecified atom stereocenters. The SMILES string of the molecule is COC(=O)c1coc(CNc2ccn(C)n2)c1. The minimum Gasteiger partial charge on any atom is -0.467 e. The van der Waals surface area contributed by atoms with Crippen LogP contribution in [-0.2, 0) is 18.3 Å². The summed E-state index contributed by atoms with van der Waals surface area (Å²) in [5.74, 6) is 0.998. The maximum absolute atomic E-state index is 11.2. The van der Waals surface area contributed by atoms with Gasteiger partial charge >= 0.3 is 5.97 Å². The first-order chi connectivity index (χ1) is 8.19. The smallest absolute Gasteiger partial charge is 0.341 e. The van der Waals surface area contributed by atoms with Crippen molar-refractivity contribution in [1.82, 2.24) is 9.78 Å². The molecule has 6 nitrogen and oxygen atoms in total. The summed E-state index contributed by atoms with van der Waals surface area (Å²) in [5, 5.41) is 7.23. The lowest BCUT2D eigenvalue weighted by molar-refractivity contribution is 0.0600. The molecule has 2 rings (SSSR count). The fourth-order valence-electron chi connectivity index (χ4n) is 1.39. The summed E-state index contributed by atoms with van der Waals surface area (Å²) >= 11 is 0. The topological polar surface area (TPSA) is 69.3 Å². The Bertz CT molecular complexity index is 516. The molecule has 0 atom stereocenters. The van der Waals surface area contributed by atoms with Gasteiger partial charge in [-0.15, -0.1) is 0 Å².